The SMILES string of the molecule is CCCCCCCCCC(=O)OC(CO)COC(=O)CCCCCCCCCNc1ccc([N+](=O)[O-])c2nonc12. The maximum Gasteiger partial charge on any atom is 0.306 e. The molecule has 1 aromatic carbocycles. The summed E-state index contributed by atoms with van der Waals surface area (Å²) in [6.07, 6.45) is 14.3. The van der Waals surface area contributed by atoms with Gasteiger partial charge in [0.2, 0.25) is 5.52 Å². The van der Waals surface area contributed by atoms with Gasteiger partial charge in [-0.05, 0) is 35.6 Å². The van der Waals surface area contributed by atoms with Crippen molar-refractivity contribution in [3.63, 3.8) is 0 Å². The lowest BCUT2D eigenvalue weighted by Crippen LogP contribution is -2.28. The molecule has 0 fully saturated rings. The van der Waals surface area contributed by atoms with Gasteiger partial charge < -0.3 is 19.9 Å². The molecular weight excluding hydrogens is 532 g/mol. The number of anilines is 1. The molecule has 41 heavy (non-hydrogen) atoms. The van der Waals surface area contributed by atoms with Crippen molar-refractivity contribution in [1.29, 1.82) is 0 Å². The van der Waals surface area contributed by atoms with E-state index in [-0.39, 0.29) is 36.4 Å². The standard InChI is InChI=1S/C29H46N4O8/c1-2-3-4-5-7-11-14-17-27(36)40-23(21-34)22-39-26(35)16-13-10-8-6-9-12-15-20-30-24-18-19-25(33(37)38)29-28(24)31-41-32-29/h18-19,23,30,34H,2-17,20-22H2,1H3. The summed E-state index contributed by atoms with van der Waals surface area (Å²) in [4.78, 5) is 34.5. The highest BCUT2D eigenvalue weighted by atomic mass is 16.6. The molecule has 0 saturated carbocycles. The normalized spacial score (nSPS) is 11.9. The fourth-order valence-corrected chi connectivity index (χ4v) is 4.50. The van der Waals surface area contributed by atoms with Crippen LogP contribution in [0.25, 0.3) is 11.0 Å². The molecule has 0 aliphatic heterocycles. The Morgan fingerprint density at radius 3 is 2.12 bits per heavy atom. The van der Waals surface area contributed by atoms with Gasteiger partial charge in [0, 0.05) is 25.5 Å². The number of carbonyl (C=O) groups excluding carboxylic acids is 2. The minimum atomic E-state index is -0.815. The fraction of sp³-hybridized carbons (Fsp3) is 0.724. The van der Waals surface area contributed by atoms with Crippen LogP contribution in [0.4, 0.5) is 11.4 Å². The topological polar surface area (TPSA) is 167 Å². The van der Waals surface area contributed by atoms with Crippen molar-refractivity contribution in [3.05, 3.63) is 22.2 Å². The minimum Gasteiger partial charge on any atom is -0.462 e. The molecule has 0 bridgehead atoms. The molecule has 1 heterocycles. The van der Waals surface area contributed by atoms with E-state index in [1.165, 1.54) is 31.7 Å². The number of carbonyl (C=O) groups is 2. The molecule has 2 aromatic rings. The van der Waals surface area contributed by atoms with Crippen molar-refractivity contribution in [2.45, 2.75) is 116 Å². The highest BCUT2D eigenvalue weighted by molar-refractivity contribution is 5.93. The van der Waals surface area contributed by atoms with Crippen LogP contribution in [-0.2, 0) is 19.1 Å². The first kappa shape index (κ1) is 33.9. The predicted molar refractivity (Wildman–Crippen MR) is 154 cm³/mol. The summed E-state index contributed by atoms with van der Waals surface area (Å²) in [5.74, 6) is -0.708. The Morgan fingerprint density at radius 1 is 0.902 bits per heavy atom. The monoisotopic (exact) mass is 578 g/mol. The highest BCUT2D eigenvalue weighted by Gasteiger charge is 2.19. The number of aromatic nitrogens is 2. The van der Waals surface area contributed by atoms with Crippen molar-refractivity contribution in [1.82, 2.24) is 10.3 Å². The molecule has 0 spiro atoms. The number of unbranched alkanes of at least 4 members (excludes halogenated alkanes) is 12. The average Bonchev–Trinajstić information content (AvgIpc) is 3.46. The van der Waals surface area contributed by atoms with Crippen LogP contribution in [0.3, 0.4) is 0 Å². The summed E-state index contributed by atoms with van der Waals surface area (Å²) < 4.78 is 15.1. The Kier molecular flexibility index (Phi) is 17.0. The van der Waals surface area contributed by atoms with Crippen molar-refractivity contribution in [2.24, 2.45) is 0 Å². The average molecular weight is 579 g/mol. The molecule has 0 amide bonds. The number of esters is 2. The Bertz CT molecular complexity index is 1040. The molecule has 0 aliphatic rings. The van der Waals surface area contributed by atoms with Crippen LogP contribution in [-0.4, -0.2) is 58.1 Å². The van der Waals surface area contributed by atoms with E-state index in [1.807, 2.05) is 0 Å². The second-order valence-electron chi connectivity index (χ2n) is 10.4. The lowest BCUT2D eigenvalue weighted by Gasteiger charge is -2.15. The van der Waals surface area contributed by atoms with E-state index in [2.05, 4.69) is 27.2 Å². The lowest BCUT2D eigenvalue weighted by atomic mass is 10.1. The molecule has 1 atom stereocenters. The van der Waals surface area contributed by atoms with Crippen molar-refractivity contribution in [2.75, 3.05) is 25.1 Å². The van der Waals surface area contributed by atoms with Crippen LogP contribution in [0.15, 0.2) is 16.8 Å². The maximum absolute atomic E-state index is 12.0. The van der Waals surface area contributed by atoms with Gasteiger partial charge in [-0.3, -0.25) is 19.7 Å². The van der Waals surface area contributed by atoms with Crippen LogP contribution in [0, 0.1) is 10.1 Å². The number of nitro groups is 1. The zero-order chi connectivity index (χ0) is 29.7. The van der Waals surface area contributed by atoms with E-state index < -0.39 is 11.0 Å². The first-order valence-electron chi connectivity index (χ1n) is 15.1. The van der Waals surface area contributed by atoms with Crippen molar-refractivity contribution < 1.29 is 33.7 Å². The van der Waals surface area contributed by atoms with Gasteiger partial charge in [0.05, 0.1) is 17.2 Å². The number of ether oxygens (including phenoxy) is 2. The third kappa shape index (κ3) is 13.8. The second-order valence-corrected chi connectivity index (χ2v) is 10.4. The Labute approximate surface area is 241 Å². The molecule has 0 aliphatic carbocycles. The Morgan fingerprint density at radius 2 is 1.49 bits per heavy atom. The molecule has 2 rings (SSSR count). The van der Waals surface area contributed by atoms with E-state index >= 15 is 0 Å². The molecule has 12 heteroatoms. The van der Waals surface area contributed by atoms with Gasteiger partial charge in [0.15, 0.2) is 11.6 Å². The lowest BCUT2D eigenvalue weighted by molar-refractivity contribution is -0.383. The van der Waals surface area contributed by atoms with Crippen LogP contribution < -0.4 is 5.32 Å². The molecule has 0 radical (unpaired) electrons. The first-order valence-corrected chi connectivity index (χ1v) is 15.1. The van der Waals surface area contributed by atoms with E-state index in [4.69, 9.17) is 9.47 Å². The summed E-state index contributed by atoms with van der Waals surface area (Å²) in [5.41, 5.74) is 1.01. The third-order valence-corrected chi connectivity index (χ3v) is 6.88. The molecule has 2 N–H and O–H groups in total. The van der Waals surface area contributed by atoms with Gasteiger partial charge in [-0.25, -0.2) is 4.63 Å². The number of non-ortho nitro benzene ring substituents is 1. The number of nitrogens with zero attached hydrogens (tertiary/aromatic N) is 3. The molecule has 1 unspecified atom stereocenters. The number of hydrogen-bond donors (Lipinski definition) is 2. The predicted octanol–water partition coefficient (Wildman–Crippen LogP) is 6.25. The number of rotatable bonds is 24. The van der Waals surface area contributed by atoms with Gasteiger partial charge in [-0.1, -0.05) is 77.6 Å². The maximum atomic E-state index is 12.0. The summed E-state index contributed by atoms with van der Waals surface area (Å²) in [6, 6.07) is 3.01. The first-order chi connectivity index (χ1) is 20.0. The zero-order valence-electron chi connectivity index (χ0n) is 24.3. The summed E-state index contributed by atoms with van der Waals surface area (Å²) in [7, 11) is 0. The number of hydrogen-bond acceptors (Lipinski definition) is 11. The van der Waals surface area contributed by atoms with Gasteiger partial charge in [0.25, 0.3) is 0 Å². The number of aliphatic hydroxyl groups excluding tert-OH is 1. The molecule has 230 valence electrons. The highest BCUT2D eigenvalue weighted by Crippen LogP contribution is 2.28. The second kappa shape index (κ2) is 20.6. The zero-order valence-corrected chi connectivity index (χ0v) is 24.3. The minimum absolute atomic E-state index is 0.120. The van der Waals surface area contributed by atoms with Crippen LogP contribution >= 0.6 is 0 Å². The summed E-state index contributed by atoms with van der Waals surface area (Å²) >= 11 is 0. The van der Waals surface area contributed by atoms with Crippen LogP contribution in [0.5, 0.6) is 0 Å². The van der Waals surface area contributed by atoms with Crippen molar-refractivity contribution in [3.8, 4) is 0 Å². The van der Waals surface area contributed by atoms with Gasteiger partial charge in [0.1, 0.15) is 6.61 Å². The quantitative estimate of drug-likeness (QED) is 0.0625. The van der Waals surface area contributed by atoms with Crippen LogP contribution in [0.1, 0.15) is 110 Å². The van der Waals surface area contributed by atoms with E-state index in [0.29, 0.717) is 30.6 Å². The van der Waals surface area contributed by atoms with Gasteiger partial charge >= 0.3 is 17.6 Å². The molecular formula is C29H46N4O8. The van der Waals surface area contributed by atoms with Crippen molar-refractivity contribution >= 4 is 34.3 Å². The van der Waals surface area contributed by atoms with E-state index in [9.17, 15) is 24.8 Å². The van der Waals surface area contributed by atoms with E-state index in [1.54, 1.807) is 6.07 Å². The number of benzene rings is 1. The molecule has 12 nitrogen and oxygen atoms in total. The molecule has 1 aromatic heterocycles. The number of fused-ring (bicyclic) bond motifs is 1. The van der Waals surface area contributed by atoms with Crippen LogP contribution in [0.2, 0.25) is 0 Å². The van der Waals surface area contributed by atoms with E-state index in [0.717, 1.165) is 64.2 Å². The fourth-order valence-electron chi connectivity index (χ4n) is 4.50. The summed E-state index contributed by atoms with van der Waals surface area (Å²) in [6.45, 7) is 2.39. The smallest absolute Gasteiger partial charge is 0.306 e. The number of aliphatic hydroxyl groups is 1. The third-order valence-electron chi connectivity index (χ3n) is 6.88. The summed E-state index contributed by atoms with van der Waals surface area (Å²) in [5, 5.41) is 31.2. The van der Waals surface area contributed by atoms with Gasteiger partial charge in [-0.2, -0.15) is 0 Å². The number of nitro benzene ring substituents is 1. The Balaban J connectivity index is 1.44. The molecule has 0 saturated heterocycles. The Hall–Kier alpha value is -3.28. The number of nitrogens with one attached hydrogen (secondary N) is 1. The largest absolute Gasteiger partial charge is 0.462 e. The van der Waals surface area contributed by atoms with Gasteiger partial charge in [-0.15, -0.1) is 0 Å².